The Balaban J connectivity index is 1.59. The quantitative estimate of drug-likeness (QED) is 0.621. The molecule has 1 saturated heterocycles. The highest BCUT2D eigenvalue weighted by Gasteiger charge is 2.23. The van der Waals surface area contributed by atoms with E-state index in [-0.39, 0.29) is 5.91 Å². The van der Waals surface area contributed by atoms with Gasteiger partial charge in [-0.2, -0.15) is 0 Å². The van der Waals surface area contributed by atoms with Crippen molar-refractivity contribution in [3.63, 3.8) is 0 Å². The van der Waals surface area contributed by atoms with Crippen LogP contribution in [0, 0.1) is 13.8 Å². The van der Waals surface area contributed by atoms with Crippen LogP contribution >= 0.6 is 0 Å². The summed E-state index contributed by atoms with van der Waals surface area (Å²) in [4.78, 5) is 20.3. The minimum Gasteiger partial charge on any atom is -0.350 e. The molecular weight excluding hydrogens is 372 g/mol. The Hall–Kier alpha value is -2.92. The number of nitrogens with one attached hydrogen (secondary N) is 2. The number of pyridine rings is 1. The molecule has 1 aliphatic heterocycles. The maximum Gasteiger partial charge on any atom is 0.252 e. The molecule has 2 aromatic carbocycles. The lowest BCUT2D eigenvalue weighted by Crippen LogP contribution is -2.40. The number of carbonyl (C=O) groups excluding carboxylic acids is 1. The molecule has 30 heavy (non-hydrogen) atoms. The molecule has 0 bridgehead atoms. The first-order valence-corrected chi connectivity index (χ1v) is 10.8. The normalized spacial score (nSPS) is 16.7. The van der Waals surface area contributed by atoms with Gasteiger partial charge in [-0.1, -0.05) is 31.2 Å². The lowest BCUT2D eigenvalue weighted by molar-refractivity contribution is 0.0943. The van der Waals surface area contributed by atoms with E-state index in [1.165, 1.54) is 17.5 Å². The third kappa shape index (κ3) is 4.31. The average molecular weight is 403 g/mol. The predicted octanol–water partition coefficient (Wildman–Crippen LogP) is 4.81. The lowest BCUT2D eigenvalue weighted by Gasteiger charge is -2.23. The average Bonchev–Trinajstić information content (AvgIpc) is 3.21. The van der Waals surface area contributed by atoms with Gasteiger partial charge in [0.25, 0.3) is 5.91 Å². The topological polar surface area (TPSA) is 57.3 Å². The van der Waals surface area contributed by atoms with Gasteiger partial charge in [-0.05, 0) is 75.2 Å². The summed E-state index contributed by atoms with van der Waals surface area (Å²) in [5.41, 5.74) is 4.91. The molecule has 0 aliphatic carbocycles. The van der Waals surface area contributed by atoms with Crippen LogP contribution in [-0.4, -0.2) is 41.5 Å². The van der Waals surface area contributed by atoms with Crippen LogP contribution in [0.2, 0.25) is 0 Å². The van der Waals surface area contributed by atoms with Crippen LogP contribution in [0.25, 0.3) is 10.9 Å². The SMILES string of the molecule is CCN1CCCC1CNC(=O)c1cc(Nc2ccc(C)c(C)c2)nc2ccccc12. The Morgan fingerprint density at radius 3 is 2.77 bits per heavy atom. The number of hydrogen-bond acceptors (Lipinski definition) is 4. The zero-order valence-corrected chi connectivity index (χ0v) is 18.0. The van der Waals surface area contributed by atoms with Crippen molar-refractivity contribution < 1.29 is 4.79 Å². The Morgan fingerprint density at radius 2 is 1.97 bits per heavy atom. The van der Waals surface area contributed by atoms with Gasteiger partial charge < -0.3 is 10.6 Å². The fraction of sp³-hybridized carbons (Fsp3) is 0.360. The number of aromatic nitrogens is 1. The first-order valence-electron chi connectivity index (χ1n) is 10.8. The van der Waals surface area contributed by atoms with Crippen LogP contribution < -0.4 is 10.6 Å². The van der Waals surface area contributed by atoms with Crippen LogP contribution in [0.1, 0.15) is 41.3 Å². The second-order valence-electron chi connectivity index (χ2n) is 8.13. The molecule has 156 valence electrons. The lowest BCUT2D eigenvalue weighted by atomic mass is 10.1. The summed E-state index contributed by atoms with van der Waals surface area (Å²) >= 11 is 0. The van der Waals surface area contributed by atoms with E-state index in [1.54, 1.807) is 0 Å². The fourth-order valence-corrected chi connectivity index (χ4v) is 4.24. The molecule has 1 fully saturated rings. The number of amides is 1. The minimum absolute atomic E-state index is 0.0420. The molecule has 0 radical (unpaired) electrons. The van der Waals surface area contributed by atoms with E-state index < -0.39 is 0 Å². The molecule has 2 heterocycles. The van der Waals surface area contributed by atoms with Crippen molar-refractivity contribution in [2.24, 2.45) is 0 Å². The highest BCUT2D eigenvalue weighted by Crippen LogP contribution is 2.24. The van der Waals surface area contributed by atoms with Crippen molar-refractivity contribution in [3.05, 3.63) is 65.2 Å². The van der Waals surface area contributed by atoms with Crippen molar-refractivity contribution in [1.29, 1.82) is 0 Å². The van der Waals surface area contributed by atoms with Gasteiger partial charge in [0.1, 0.15) is 5.82 Å². The Kier molecular flexibility index (Phi) is 6.00. The van der Waals surface area contributed by atoms with Gasteiger partial charge in [-0.25, -0.2) is 4.98 Å². The summed E-state index contributed by atoms with van der Waals surface area (Å²) in [7, 11) is 0. The number of nitrogens with zero attached hydrogens (tertiary/aromatic N) is 2. The monoisotopic (exact) mass is 402 g/mol. The van der Waals surface area contributed by atoms with Gasteiger partial charge in [-0.15, -0.1) is 0 Å². The van der Waals surface area contributed by atoms with Gasteiger partial charge in [0, 0.05) is 23.7 Å². The summed E-state index contributed by atoms with van der Waals surface area (Å²) in [6.45, 7) is 9.21. The first kappa shape index (κ1) is 20.4. The number of rotatable bonds is 6. The van der Waals surface area contributed by atoms with Gasteiger partial charge in [0.05, 0.1) is 11.1 Å². The van der Waals surface area contributed by atoms with E-state index in [2.05, 4.69) is 48.4 Å². The third-order valence-corrected chi connectivity index (χ3v) is 6.14. The van der Waals surface area contributed by atoms with Gasteiger partial charge in [0.2, 0.25) is 0 Å². The predicted molar refractivity (Wildman–Crippen MR) is 124 cm³/mol. The highest BCUT2D eigenvalue weighted by atomic mass is 16.1. The van der Waals surface area contributed by atoms with Crippen LogP contribution in [0.15, 0.2) is 48.5 Å². The Morgan fingerprint density at radius 1 is 1.13 bits per heavy atom. The third-order valence-electron chi connectivity index (χ3n) is 6.14. The number of likely N-dealkylation sites (tertiary alicyclic amines) is 1. The molecule has 1 atom stereocenters. The zero-order valence-electron chi connectivity index (χ0n) is 18.0. The number of carbonyl (C=O) groups is 1. The maximum atomic E-state index is 13.1. The molecule has 2 N–H and O–H groups in total. The minimum atomic E-state index is -0.0420. The maximum absolute atomic E-state index is 13.1. The molecule has 5 nitrogen and oxygen atoms in total. The molecule has 3 aromatic rings. The molecule has 0 spiro atoms. The van der Waals surface area contributed by atoms with E-state index in [0.717, 1.165) is 36.1 Å². The van der Waals surface area contributed by atoms with Crippen molar-refractivity contribution in [3.8, 4) is 0 Å². The van der Waals surface area contributed by atoms with Crippen molar-refractivity contribution >= 4 is 28.3 Å². The van der Waals surface area contributed by atoms with E-state index in [1.807, 2.05) is 36.4 Å². The molecular formula is C25H30N4O. The summed E-state index contributed by atoms with van der Waals surface area (Å²) in [6.07, 6.45) is 2.35. The molecule has 4 rings (SSSR count). The second-order valence-corrected chi connectivity index (χ2v) is 8.13. The Bertz CT molecular complexity index is 1060. The number of para-hydroxylation sites is 1. The number of aryl methyl sites for hydroxylation is 2. The summed E-state index contributed by atoms with van der Waals surface area (Å²) < 4.78 is 0. The van der Waals surface area contributed by atoms with E-state index >= 15 is 0 Å². The molecule has 5 heteroatoms. The number of likely N-dealkylation sites (N-methyl/N-ethyl adjacent to an activating group) is 1. The van der Waals surface area contributed by atoms with Crippen LogP contribution in [0.4, 0.5) is 11.5 Å². The van der Waals surface area contributed by atoms with E-state index in [0.29, 0.717) is 24.0 Å². The smallest absolute Gasteiger partial charge is 0.252 e. The van der Waals surface area contributed by atoms with Crippen LogP contribution in [-0.2, 0) is 0 Å². The molecule has 1 amide bonds. The largest absolute Gasteiger partial charge is 0.350 e. The van der Waals surface area contributed by atoms with Gasteiger partial charge in [-0.3, -0.25) is 9.69 Å². The fourth-order valence-electron chi connectivity index (χ4n) is 4.24. The summed E-state index contributed by atoms with van der Waals surface area (Å²) in [5, 5.41) is 7.42. The van der Waals surface area contributed by atoms with Gasteiger partial charge in [0.15, 0.2) is 0 Å². The summed E-state index contributed by atoms with van der Waals surface area (Å²) in [6, 6.07) is 16.3. The van der Waals surface area contributed by atoms with Crippen molar-refractivity contribution in [2.75, 3.05) is 25.0 Å². The number of fused-ring (bicyclic) bond motifs is 1. The first-order chi connectivity index (χ1) is 14.5. The molecule has 1 aliphatic rings. The van der Waals surface area contributed by atoms with E-state index in [4.69, 9.17) is 4.98 Å². The number of anilines is 2. The Labute approximate surface area is 178 Å². The molecule has 1 unspecified atom stereocenters. The number of benzene rings is 2. The summed E-state index contributed by atoms with van der Waals surface area (Å²) in [5.74, 6) is 0.637. The van der Waals surface area contributed by atoms with E-state index in [9.17, 15) is 4.79 Å². The highest BCUT2D eigenvalue weighted by molar-refractivity contribution is 6.07. The number of hydrogen-bond donors (Lipinski definition) is 2. The van der Waals surface area contributed by atoms with Crippen LogP contribution in [0.5, 0.6) is 0 Å². The van der Waals surface area contributed by atoms with Crippen LogP contribution in [0.3, 0.4) is 0 Å². The van der Waals surface area contributed by atoms with Crippen molar-refractivity contribution in [2.45, 2.75) is 39.7 Å². The van der Waals surface area contributed by atoms with Gasteiger partial charge >= 0.3 is 0 Å². The second kappa shape index (κ2) is 8.84. The zero-order chi connectivity index (χ0) is 21.1. The molecule has 0 saturated carbocycles. The molecule has 1 aromatic heterocycles. The van der Waals surface area contributed by atoms with Crippen molar-refractivity contribution in [1.82, 2.24) is 15.2 Å². The standard InChI is InChI=1S/C25H30N4O/c1-4-29-13-7-8-20(29)16-26-25(30)22-15-24(28-23-10-6-5-9-21(22)23)27-19-12-11-17(2)18(3)14-19/h5-6,9-12,14-15,20H,4,7-8,13,16H2,1-3H3,(H,26,30)(H,27,28).